The first kappa shape index (κ1) is 13.8. The van der Waals surface area contributed by atoms with E-state index in [1.165, 1.54) is 0 Å². The number of hydrogen-bond acceptors (Lipinski definition) is 2. The Hall–Kier alpha value is -1.22. The van der Waals surface area contributed by atoms with E-state index in [0.717, 1.165) is 11.5 Å². The summed E-state index contributed by atoms with van der Waals surface area (Å²) in [6, 6.07) is 7.31. The molecule has 4 heteroatoms. The van der Waals surface area contributed by atoms with E-state index in [-0.39, 0.29) is 12.2 Å². The molecule has 0 radical (unpaired) electrons. The Kier molecular flexibility index (Phi) is 5.29. The first-order valence-corrected chi connectivity index (χ1v) is 6.06. The fraction of sp³-hybridized carbons (Fsp3) is 0.462. The maximum atomic E-state index is 10.7. The number of hydrogen-bond donors (Lipinski definition) is 1. The molecule has 1 atom stereocenters. The van der Waals surface area contributed by atoms with Crippen molar-refractivity contribution in [3.8, 4) is 0 Å². The Morgan fingerprint density at radius 2 is 2.06 bits per heavy atom. The van der Waals surface area contributed by atoms with Crippen molar-refractivity contribution in [2.45, 2.75) is 26.9 Å². The first-order chi connectivity index (χ1) is 7.99. The summed E-state index contributed by atoms with van der Waals surface area (Å²) in [5, 5.41) is 3.24. The van der Waals surface area contributed by atoms with E-state index in [0.29, 0.717) is 11.6 Å². The maximum Gasteiger partial charge on any atom is 0.407 e. The van der Waals surface area contributed by atoms with Crippen LogP contribution in [0, 0.1) is 5.92 Å². The van der Waals surface area contributed by atoms with Gasteiger partial charge in [0.05, 0.1) is 6.54 Å². The Morgan fingerprint density at radius 3 is 2.53 bits per heavy atom. The number of carbonyl (C=O) groups excluding carboxylic acids is 1. The van der Waals surface area contributed by atoms with Crippen LogP contribution in [0.15, 0.2) is 24.3 Å². The number of amides is 1. The van der Waals surface area contributed by atoms with Crippen LogP contribution < -0.4 is 5.32 Å². The number of alkyl carbamates (subject to hydrolysis) is 1. The van der Waals surface area contributed by atoms with Crippen LogP contribution in [0.25, 0.3) is 0 Å². The Labute approximate surface area is 107 Å². The van der Waals surface area contributed by atoms with Crippen molar-refractivity contribution < 1.29 is 9.53 Å². The minimum atomic E-state index is -0.370. The highest BCUT2D eigenvalue weighted by atomic mass is 35.5. The van der Waals surface area contributed by atoms with E-state index >= 15 is 0 Å². The molecule has 0 unspecified atom stereocenters. The second kappa shape index (κ2) is 6.50. The van der Waals surface area contributed by atoms with E-state index < -0.39 is 0 Å². The van der Waals surface area contributed by atoms with Crippen LogP contribution in [0.3, 0.4) is 0 Å². The summed E-state index contributed by atoms with van der Waals surface area (Å²) < 4.78 is 4.99. The molecule has 0 bridgehead atoms. The highest BCUT2D eigenvalue weighted by Crippen LogP contribution is 2.22. The number of ether oxygens (including phenoxy) is 1. The Morgan fingerprint density at radius 1 is 1.41 bits per heavy atom. The molecule has 94 valence electrons. The van der Waals surface area contributed by atoms with Crippen molar-refractivity contribution in [1.29, 1.82) is 0 Å². The van der Waals surface area contributed by atoms with Crippen LogP contribution in [0.4, 0.5) is 4.79 Å². The van der Waals surface area contributed by atoms with Crippen LogP contribution in [-0.4, -0.2) is 12.6 Å². The van der Waals surface area contributed by atoms with Crippen molar-refractivity contribution in [1.82, 2.24) is 5.32 Å². The van der Waals surface area contributed by atoms with Gasteiger partial charge < -0.3 is 10.1 Å². The van der Waals surface area contributed by atoms with Crippen LogP contribution in [0.5, 0.6) is 0 Å². The van der Waals surface area contributed by atoms with Gasteiger partial charge >= 0.3 is 6.09 Å². The summed E-state index contributed by atoms with van der Waals surface area (Å²) in [6.45, 7) is 7.01. The fourth-order valence-corrected chi connectivity index (χ4v) is 1.48. The third-order valence-electron chi connectivity index (χ3n) is 1.90. The van der Waals surface area contributed by atoms with Crippen molar-refractivity contribution in [2.75, 3.05) is 6.54 Å². The monoisotopic (exact) mass is 255 g/mol. The summed E-state index contributed by atoms with van der Waals surface area (Å²) in [5.41, 5.74) is 0.922. The molecule has 1 aliphatic heterocycles. The third kappa shape index (κ3) is 5.09. The van der Waals surface area contributed by atoms with Gasteiger partial charge in [0.1, 0.15) is 6.10 Å². The molecule has 1 aromatic carbocycles. The molecule has 3 nitrogen and oxygen atoms in total. The third-order valence-corrected chi connectivity index (χ3v) is 2.14. The smallest absolute Gasteiger partial charge is 0.407 e. The molecule has 1 N–H and O–H groups in total. The molecule has 1 aliphatic rings. The van der Waals surface area contributed by atoms with Crippen LogP contribution in [0.2, 0.25) is 5.02 Å². The highest BCUT2D eigenvalue weighted by molar-refractivity contribution is 6.30. The van der Waals surface area contributed by atoms with Crippen molar-refractivity contribution in [3.05, 3.63) is 34.9 Å². The lowest BCUT2D eigenvalue weighted by molar-refractivity contribution is 0.141. The molecular weight excluding hydrogens is 238 g/mol. The molecule has 17 heavy (non-hydrogen) atoms. The van der Waals surface area contributed by atoms with Gasteiger partial charge in [-0.2, -0.15) is 0 Å². The SMILES string of the molecule is CC(C)C.O=C1NC[C@@H](c2cccc(Cl)c2)O1. The van der Waals surface area contributed by atoms with Gasteiger partial charge in [0.15, 0.2) is 0 Å². The number of carbonyl (C=O) groups is 1. The zero-order valence-corrected chi connectivity index (χ0v) is 11.1. The molecule has 2 rings (SSSR count). The fourth-order valence-electron chi connectivity index (χ4n) is 1.28. The van der Waals surface area contributed by atoms with Crippen molar-refractivity contribution in [2.24, 2.45) is 5.92 Å². The van der Waals surface area contributed by atoms with Crippen molar-refractivity contribution in [3.63, 3.8) is 0 Å². The van der Waals surface area contributed by atoms with Crippen LogP contribution in [-0.2, 0) is 4.74 Å². The number of halogens is 1. The zero-order valence-electron chi connectivity index (χ0n) is 10.4. The van der Waals surface area contributed by atoms with E-state index in [4.69, 9.17) is 16.3 Å². The van der Waals surface area contributed by atoms with E-state index in [9.17, 15) is 4.79 Å². The van der Waals surface area contributed by atoms with Crippen molar-refractivity contribution >= 4 is 17.7 Å². The number of cyclic esters (lactones) is 1. The van der Waals surface area contributed by atoms with E-state index in [1.54, 1.807) is 12.1 Å². The van der Waals surface area contributed by atoms with Gasteiger partial charge in [-0.25, -0.2) is 4.79 Å². The average molecular weight is 256 g/mol. The zero-order chi connectivity index (χ0) is 12.8. The lowest BCUT2D eigenvalue weighted by atomic mass is 10.1. The molecule has 1 fully saturated rings. The van der Waals surface area contributed by atoms with Gasteiger partial charge in [0.25, 0.3) is 0 Å². The molecule has 1 saturated heterocycles. The largest absolute Gasteiger partial charge is 0.439 e. The standard InChI is InChI=1S/C9H8ClNO2.C4H10/c10-7-3-1-2-6(4-7)8-5-11-9(12)13-8;1-4(2)3/h1-4,8H,5H2,(H,11,12);4H,1-3H3/t8-;/m0./s1. The minimum absolute atomic E-state index is 0.203. The van der Waals surface area contributed by atoms with Crippen LogP contribution in [0.1, 0.15) is 32.4 Å². The molecular formula is C13H18ClNO2. The van der Waals surface area contributed by atoms with Gasteiger partial charge in [0, 0.05) is 5.02 Å². The molecule has 1 heterocycles. The summed E-state index contributed by atoms with van der Waals surface area (Å²) in [5.74, 6) is 0.833. The lowest BCUT2D eigenvalue weighted by Gasteiger charge is -2.07. The van der Waals surface area contributed by atoms with E-state index in [2.05, 4.69) is 26.1 Å². The number of nitrogens with one attached hydrogen (secondary N) is 1. The number of benzene rings is 1. The Bertz CT molecular complexity index is 377. The second-order valence-electron chi connectivity index (χ2n) is 4.56. The molecule has 1 aromatic rings. The maximum absolute atomic E-state index is 10.7. The molecule has 0 aliphatic carbocycles. The van der Waals surface area contributed by atoms with Gasteiger partial charge in [-0.3, -0.25) is 0 Å². The molecule has 0 spiro atoms. The summed E-state index contributed by atoms with van der Waals surface area (Å²) in [7, 11) is 0. The van der Waals surface area contributed by atoms with Gasteiger partial charge in [-0.15, -0.1) is 0 Å². The topological polar surface area (TPSA) is 38.3 Å². The molecule has 0 aromatic heterocycles. The summed E-state index contributed by atoms with van der Waals surface area (Å²) >= 11 is 5.80. The quantitative estimate of drug-likeness (QED) is 0.829. The molecule has 1 amide bonds. The number of rotatable bonds is 1. The summed E-state index contributed by atoms with van der Waals surface area (Å²) in [6.07, 6.45) is -0.573. The average Bonchev–Trinajstić information content (AvgIpc) is 2.64. The lowest BCUT2D eigenvalue weighted by Crippen LogP contribution is -2.12. The first-order valence-electron chi connectivity index (χ1n) is 5.69. The van der Waals surface area contributed by atoms with Gasteiger partial charge in [-0.05, 0) is 23.6 Å². The van der Waals surface area contributed by atoms with Gasteiger partial charge in [0.2, 0.25) is 0 Å². The van der Waals surface area contributed by atoms with E-state index in [1.807, 2.05) is 12.1 Å². The normalized spacial score (nSPS) is 18.2. The Balaban J connectivity index is 0.000000317. The second-order valence-corrected chi connectivity index (χ2v) is 5.00. The summed E-state index contributed by atoms with van der Waals surface area (Å²) in [4.78, 5) is 10.7. The highest BCUT2D eigenvalue weighted by Gasteiger charge is 2.23. The molecule has 0 saturated carbocycles. The van der Waals surface area contributed by atoms with Crippen LogP contribution >= 0.6 is 11.6 Å². The predicted octanol–water partition coefficient (Wildman–Crippen LogP) is 3.78. The minimum Gasteiger partial charge on any atom is -0.439 e. The van der Waals surface area contributed by atoms with Gasteiger partial charge in [-0.1, -0.05) is 44.5 Å². The predicted molar refractivity (Wildman–Crippen MR) is 69.2 cm³/mol.